The number of amides is 2. The highest BCUT2D eigenvalue weighted by molar-refractivity contribution is 8.01. The Kier molecular flexibility index (Phi) is 6.89. The van der Waals surface area contributed by atoms with E-state index < -0.39 is 0 Å². The lowest BCUT2D eigenvalue weighted by Crippen LogP contribution is -2.19. The third-order valence-electron chi connectivity index (χ3n) is 3.30. The Bertz CT molecular complexity index is 857. The van der Waals surface area contributed by atoms with Crippen LogP contribution >= 0.6 is 23.1 Å². The third-order valence-corrected chi connectivity index (χ3v) is 5.23. The normalized spacial score (nSPS) is 10.3. The molecule has 0 saturated heterocycles. The van der Waals surface area contributed by atoms with Crippen LogP contribution in [0.3, 0.4) is 0 Å². The van der Waals surface area contributed by atoms with Gasteiger partial charge in [0.15, 0.2) is 4.34 Å². The summed E-state index contributed by atoms with van der Waals surface area (Å²) < 4.78 is 11.5. The Labute approximate surface area is 165 Å². The molecular weight excluding hydrogens is 384 g/mol. The molecule has 140 valence electrons. The first-order valence-corrected chi connectivity index (χ1v) is 9.89. The Morgan fingerprint density at radius 3 is 2.56 bits per heavy atom. The van der Waals surface area contributed by atoms with E-state index >= 15 is 0 Å². The number of hydrogen-bond acceptors (Lipinski definition) is 7. The summed E-state index contributed by atoms with van der Waals surface area (Å²) in [5, 5.41) is 13.9. The third kappa shape index (κ3) is 6.15. The Balaban J connectivity index is 1.41. The van der Waals surface area contributed by atoms with Crippen molar-refractivity contribution in [2.24, 2.45) is 0 Å². The van der Waals surface area contributed by atoms with Gasteiger partial charge >= 0.3 is 6.03 Å². The predicted molar refractivity (Wildman–Crippen MR) is 108 cm³/mol. The molecule has 1 heterocycles. The van der Waals surface area contributed by atoms with Crippen molar-refractivity contribution in [3.63, 3.8) is 0 Å². The molecule has 2 aromatic carbocycles. The second kappa shape index (κ2) is 9.79. The first kappa shape index (κ1) is 19.0. The maximum atomic E-state index is 12.0. The quantitative estimate of drug-likeness (QED) is 0.331. The van der Waals surface area contributed by atoms with Gasteiger partial charge in [-0.3, -0.25) is 5.32 Å². The van der Waals surface area contributed by atoms with Crippen molar-refractivity contribution in [1.29, 1.82) is 0 Å². The highest BCUT2D eigenvalue weighted by Crippen LogP contribution is 2.25. The lowest BCUT2D eigenvalue weighted by molar-refractivity contribution is 0.262. The molecule has 0 aliphatic carbocycles. The van der Waals surface area contributed by atoms with Crippen LogP contribution in [-0.4, -0.2) is 35.7 Å². The van der Waals surface area contributed by atoms with E-state index in [1.165, 1.54) is 23.1 Å². The van der Waals surface area contributed by atoms with Crippen molar-refractivity contribution in [2.45, 2.75) is 4.34 Å². The second-order valence-corrected chi connectivity index (χ2v) is 7.51. The van der Waals surface area contributed by atoms with E-state index in [1.54, 1.807) is 31.4 Å². The summed E-state index contributed by atoms with van der Waals surface area (Å²) >= 11 is 2.85. The van der Waals surface area contributed by atoms with E-state index in [4.69, 9.17) is 9.47 Å². The SMILES string of the molecule is COc1ccc(NC(=O)Nc2nnc(SCCOc3ccccc3)s2)cc1. The lowest BCUT2D eigenvalue weighted by Gasteiger charge is -2.06. The molecule has 27 heavy (non-hydrogen) atoms. The van der Waals surface area contributed by atoms with Gasteiger partial charge in [-0.1, -0.05) is 41.3 Å². The number of carbonyl (C=O) groups excluding carboxylic acids is 1. The molecule has 0 saturated carbocycles. The summed E-state index contributed by atoms with van der Waals surface area (Å²) in [6, 6.07) is 16.3. The highest BCUT2D eigenvalue weighted by Gasteiger charge is 2.09. The fourth-order valence-electron chi connectivity index (χ4n) is 2.06. The molecule has 0 aliphatic heterocycles. The molecule has 0 spiro atoms. The molecule has 3 rings (SSSR count). The van der Waals surface area contributed by atoms with Crippen molar-refractivity contribution in [3.05, 3.63) is 54.6 Å². The molecule has 0 unspecified atom stereocenters. The number of ether oxygens (including phenoxy) is 2. The molecule has 0 radical (unpaired) electrons. The number of hydrogen-bond donors (Lipinski definition) is 2. The number of anilines is 2. The smallest absolute Gasteiger partial charge is 0.325 e. The van der Waals surface area contributed by atoms with Gasteiger partial charge in [0.05, 0.1) is 13.7 Å². The molecule has 0 bridgehead atoms. The molecule has 9 heteroatoms. The number of methoxy groups -OCH3 is 1. The molecule has 0 fully saturated rings. The summed E-state index contributed by atoms with van der Waals surface area (Å²) in [5.74, 6) is 2.30. The largest absolute Gasteiger partial charge is 0.497 e. The van der Waals surface area contributed by atoms with Crippen LogP contribution in [-0.2, 0) is 0 Å². The number of urea groups is 1. The second-order valence-electron chi connectivity index (χ2n) is 5.19. The number of aromatic nitrogens is 2. The highest BCUT2D eigenvalue weighted by atomic mass is 32.2. The predicted octanol–water partition coefficient (Wildman–Crippen LogP) is 4.36. The summed E-state index contributed by atoms with van der Waals surface area (Å²) in [6.07, 6.45) is 0. The van der Waals surface area contributed by atoms with Crippen molar-refractivity contribution in [1.82, 2.24) is 10.2 Å². The van der Waals surface area contributed by atoms with Crippen LogP contribution in [0.15, 0.2) is 58.9 Å². The number of thioether (sulfide) groups is 1. The standard InChI is InChI=1S/C18H18N4O3S2/c1-24-14-9-7-13(8-10-14)19-16(23)20-17-21-22-18(27-17)26-12-11-25-15-5-3-2-4-6-15/h2-10H,11-12H2,1H3,(H2,19,20,21,23). The van der Waals surface area contributed by atoms with E-state index in [0.717, 1.165) is 21.6 Å². The van der Waals surface area contributed by atoms with Crippen molar-refractivity contribution in [3.8, 4) is 11.5 Å². The number of para-hydroxylation sites is 1. The molecule has 3 aromatic rings. The fraction of sp³-hybridized carbons (Fsp3) is 0.167. The summed E-state index contributed by atoms with van der Waals surface area (Å²) in [6.45, 7) is 0.564. The number of benzene rings is 2. The van der Waals surface area contributed by atoms with Crippen LogP contribution in [0.4, 0.5) is 15.6 Å². The van der Waals surface area contributed by atoms with E-state index in [1.807, 2.05) is 30.3 Å². The van der Waals surface area contributed by atoms with E-state index in [2.05, 4.69) is 20.8 Å². The zero-order chi connectivity index (χ0) is 18.9. The maximum absolute atomic E-state index is 12.0. The maximum Gasteiger partial charge on any atom is 0.325 e. The molecule has 1 aromatic heterocycles. The van der Waals surface area contributed by atoms with Gasteiger partial charge in [-0.15, -0.1) is 10.2 Å². The number of rotatable bonds is 8. The van der Waals surface area contributed by atoms with E-state index in [9.17, 15) is 4.79 Å². The van der Waals surface area contributed by atoms with Gasteiger partial charge in [0.2, 0.25) is 5.13 Å². The molecule has 0 aliphatic rings. The number of carbonyl (C=O) groups is 1. The minimum atomic E-state index is -0.375. The number of nitrogens with zero attached hydrogens (tertiary/aromatic N) is 2. The number of nitrogens with one attached hydrogen (secondary N) is 2. The summed E-state index contributed by atoms with van der Waals surface area (Å²) in [4.78, 5) is 12.0. The van der Waals surface area contributed by atoms with Gasteiger partial charge in [0.1, 0.15) is 11.5 Å². The van der Waals surface area contributed by atoms with Crippen LogP contribution < -0.4 is 20.1 Å². The van der Waals surface area contributed by atoms with Crippen LogP contribution in [0, 0.1) is 0 Å². The van der Waals surface area contributed by atoms with Gasteiger partial charge in [0.25, 0.3) is 0 Å². The van der Waals surface area contributed by atoms with Crippen molar-refractivity contribution < 1.29 is 14.3 Å². The van der Waals surface area contributed by atoms with Gasteiger partial charge in [-0.2, -0.15) is 0 Å². The molecule has 2 N–H and O–H groups in total. The van der Waals surface area contributed by atoms with Gasteiger partial charge in [-0.05, 0) is 36.4 Å². The average Bonchev–Trinajstić information content (AvgIpc) is 3.14. The van der Waals surface area contributed by atoms with Crippen LogP contribution in [0.1, 0.15) is 0 Å². The van der Waals surface area contributed by atoms with Crippen molar-refractivity contribution >= 4 is 39.9 Å². The van der Waals surface area contributed by atoms with E-state index in [0.29, 0.717) is 17.4 Å². The average molecular weight is 403 g/mol. The van der Waals surface area contributed by atoms with E-state index in [-0.39, 0.29) is 6.03 Å². The molecule has 0 atom stereocenters. The first-order valence-electron chi connectivity index (χ1n) is 8.09. The topological polar surface area (TPSA) is 85.4 Å². The Hall–Kier alpha value is -2.78. The van der Waals surface area contributed by atoms with Gasteiger partial charge < -0.3 is 14.8 Å². The minimum absolute atomic E-state index is 0.375. The molecule has 7 nitrogen and oxygen atoms in total. The fourth-order valence-corrected chi connectivity index (χ4v) is 3.69. The minimum Gasteiger partial charge on any atom is -0.497 e. The van der Waals surface area contributed by atoms with Crippen molar-refractivity contribution in [2.75, 3.05) is 30.1 Å². The summed E-state index contributed by atoms with van der Waals surface area (Å²) in [7, 11) is 1.59. The lowest BCUT2D eigenvalue weighted by atomic mass is 10.3. The first-order chi connectivity index (χ1) is 13.2. The Morgan fingerprint density at radius 2 is 1.81 bits per heavy atom. The van der Waals surface area contributed by atoms with Crippen LogP contribution in [0.5, 0.6) is 11.5 Å². The van der Waals surface area contributed by atoms with Crippen LogP contribution in [0.2, 0.25) is 0 Å². The van der Waals surface area contributed by atoms with Gasteiger partial charge in [-0.25, -0.2) is 4.79 Å². The molecule has 2 amide bonds. The van der Waals surface area contributed by atoms with Gasteiger partial charge in [0, 0.05) is 11.4 Å². The summed E-state index contributed by atoms with van der Waals surface area (Å²) in [5.41, 5.74) is 0.658. The Morgan fingerprint density at radius 1 is 1.04 bits per heavy atom. The molecular formula is C18H18N4O3S2. The van der Waals surface area contributed by atoms with Crippen LogP contribution in [0.25, 0.3) is 0 Å². The zero-order valence-corrected chi connectivity index (χ0v) is 16.2. The zero-order valence-electron chi connectivity index (χ0n) is 14.5. The monoisotopic (exact) mass is 402 g/mol.